The van der Waals surface area contributed by atoms with Crippen LogP contribution in [0.2, 0.25) is 0 Å². The fraction of sp³-hybridized carbons (Fsp3) is 0.370. The minimum absolute atomic E-state index is 0.0569. The van der Waals surface area contributed by atoms with Crippen LogP contribution in [0, 0.1) is 0 Å². The van der Waals surface area contributed by atoms with E-state index in [1.54, 1.807) is 231 Å². The van der Waals surface area contributed by atoms with Crippen LogP contribution in [0.15, 0.2) is 314 Å². The van der Waals surface area contributed by atoms with E-state index in [0.29, 0.717) is 38.9 Å². The predicted molar refractivity (Wildman–Crippen MR) is 515 cm³/mol. The lowest BCUT2D eigenvalue weighted by Crippen LogP contribution is -2.70. The molecule has 0 saturated carbocycles. The van der Waals surface area contributed by atoms with E-state index in [2.05, 4.69) is 25.4 Å². The van der Waals surface area contributed by atoms with Crippen LogP contribution in [-0.4, -0.2) is 242 Å². The standard InChI is InChI=1S/C108H111N7O32/c1-66(116)127-63-79-86(143-106-96(133-61-73-46-26-11-27-47-73)90(131-59-71-42-22-9-23-43-71)92(94(146-106)101(121)124-3)144-104-82(112-114-109)88(130-58-70-40-20-8-21-41-70)84(128-56-68-36-16-6-17-37-68)78(139-104)64-134-98(118)75-50-30-13-31-51-75)89(137-67(2)117)83(113-115-110)105(140-79)145-93-91(132-60-72-44-24-10-25-45-72)97(141-100(120)77-54-34-15-35-55-77)107(147-95(93)102(122)125-4)142-85-80(65-135-99(119)76-52-32-14-33-53-76)138-103(126-5)81(87(85)129-57-69-38-18-7-19-39-69)111-108(123)136-62-74-48-28-12-29-49-74/h6-55,78-97,103-107H,56-65H2,1-5H3,(H,111,123)/t78-,79-,80-,81-,82-,83-,84-,85-,86-,87-,88-,89-,90+,91+,92+,93+,94+,95-,96-,97-,103+,104-,105-,106-,107-/m1/s1. The molecule has 10 aromatic carbocycles. The zero-order valence-corrected chi connectivity index (χ0v) is 80.6. The molecule has 39 nitrogen and oxygen atoms in total. The number of ether oxygens (including phenoxy) is 24. The molecule has 5 fully saturated rings. The summed E-state index contributed by atoms with van der Waals surface area (Å²) in [6, 6.07) is 80.5. The van der Waals surface area contributed by atoms with Crippen molar-refractivity contribution in [3.8, 4) is 0 Å². The number of nitrogens with one attached hydrogen (secondary N) is 1. The number of nitrogens with zero attached hydrogens (tertiary/aromatic N) is 6. The third kappa shape index (κ3) is 29.2. The molecule has 0 radical (unpaired) electrons. The topological polar surface area (TPSA) is 468 Å². The molecular weight excluding hydrogens is 1910 g/mol. The third-order valence-corrected chi connectivity index (χ3v) is 24.5. The molecule has 0 bridgehead atoms. The number of azide groups is 2. The van der Waals surface area contributed by atoms with Gasteiger partial charge in [-0.05, 0) is 86.4 Å². The summed E-state index contributed by atoms with van der Waals surface area (Å²) in [4.78, 5) is 124. The lowest BCUT2D eigenvalue weighted by Gasteiger charge is -2.51. The summed E-state index contributed by atoms with van der Waals surface area (Å²) < 4.78 is 160. The second kappa shape index (κ2) is 54.2. The van der Waals surface area contributed by atoms with E-state index in [1.807, 2.05) is 48.5 Å². The van der Waals surface area contributed by atoms with Crippen molar-refractivity contribution < 1.29 is 152 Å². The van der Waals surface area contributed by atoms with Gasteiger partial charge in [-0.15, -0.1) is 0 Å². The minimum Gasteiger partial charge on any atom is -0.467 e. The Morgan fingerprint density at radius 1 is 0.293 bits per heavy atom. The smallest absolute Gasteiger partial charge is 0.407 e. The molecule has 5 aliphatic rings. The van der Waals surface area contributed by atoms with Gasteiger partial charge in [0.25, 0.3) is 0 Å². The summed E-state index contributed by atoms with van der Waals surface area (Å²) in [5, 5.41) is 11.4. The number of methoxy groups -OCH3 is 3. The summed E-state index contributed by atoms with van der Waals surface area (Å²) in [5.74, 6) is -7.10. The first kappa shape index (κ1) is 107. The summed E-state index contributed by atoms with van der Waals surface area (Å²) in [6.45, 7) is -1.77. The Morgan fingerprint density at radius 3 is 0.973 bits per heavy atom. The SMILES string of the molecule is COC(=O)[C@H]1O[C@@H](O[C@H]2[C@H](OC(C)=O)[C@@H](N=[N+]=[N-])[C@@H](O[C@H]3[C@H](OCc4ccccc4)[C@@H](OC(=O)c4ccccc4)[C@H](O[C@H]4[C@H](OCc5ccccc5)[C@@H](NC(=O)OCc5ccccc5)[C@@H](OC)O[C@@H]4COC(=O)c4ccccc4)O[C@H]3C(=O)OC)O[C@@H]2COC(C)=O)[C@H](OCc2ccccc2)[C@@H](OCc2ccccc2)[C@@H]1O[C@H]1O[C@H](COC(=O)c2ccccc2)[C@@H](OCc2ccccc2)[C@H](OCc2ccccc2)[C@H]1N=[N+]=[N-]. The van der Waals surface area contributed by atoms with Crippen LogP contribution >= 0.6 is 0 Å². The van der Waals surface area contributed by atoms with Gasteiger partial charge in [-0.3, -0.25) is 9.59 Å². The highest BCUT2D eigenvalue weighted by Crippen LogP contribution is 2.43. The van der Waals surface area contributed by atoms with E-state index in [1.165, 1.54) is 31.4 Å². The van der Waals surface area contributed by atoms with Crippen molar-refractivity contribution in [3.63, 3.8) is 0 Å². The number of carbonyl (C=O) groups excluding carboxylic acids is 8. The number of benzene rings is 10. The van der Waals surface area contributed by atoms with Crippen molar-refractivity contribution in [2.45, 2.75) is 213 Å². The predicted octanol–water partition coefficient (Wildman–Crippen LogP) is 13.7. The molecule has 1 N–H and O–H groups in total. The summed E-state index contributed by atoms with van der Waals surface area (Å²) in [7, 11) is 3.36. The molecule has 770 valence electrons. The molecular formula is C108H111N7O32. The summed E-state index contributed by atoms with van der Waals surface area (Å²) >= 11 is 0. The van der Waals surface area contributed by atoms with Crippen LogP contribution in [0.1, 0.15) is 83.9 Å². The van der Waals surface area contributed by atoms with Crippen molar-refractivity contribution in [3.05, 3.63) is 380 Å². The van der Waals surface area contributed by atoms with Crippen LogP contribution in [-0.2, 0) is 179 Å². The number of rotatable bonds is 45. The van der Waals surface area contributed by atoms with Crippen molar-refractivity contribution >= 4 is 47.9 Å². The normalized spacial score (nSPS) is 26.7. The summed E-state index contributed by atoms with van der Waals surface area (Å²) in [5.41, 5.74) is 26.4. The van der Waals surface area contributed by atoms with E-state index in [0.717, 1.165) is 28.1 Å². The number of esters is 7. The van der Waals surface area contributed by atoms with Crippen molar-refractivity contribution in [2.24, 2.45) is 10.2 Å². The van der Waals surface area contributed by atoms with Gasteiger partial charge in [0.05, 0.1) is 70.6 Å². The molecule has 10 aromatic rings. The number of hydrogen-bond acceptors (Lipinski definition) is 34. The first-order chi connectivity index (χ1) is 71.8. The Morgan fingerprint density at radius 2 is 0.599 bits per heavy atom. The van der Waals surface area contributed by atoms with Gasteiger partial charge in [-0.2, -0.15) is 0 Å². The molecule has 0 aromatic heterocycles. The molecule has 5 saturated heterocycles. The maximum Gasteiger partial charge on any atom is 0.407 e. The van der Waals surface area contributed by atoms with Crippen molar-refractivity contribution in [2.75, 3.05) is 41.2 Å². The highest BCUT2D eigenvalue weighted by molar-refractivity contribution is 5.90. The Bertz CT molecular complexity index is 5950. The zero-order chi connectivity index (χ0) is 103. The van der Waals surface area contributed by atoms with Gasteiger partial charge < -0.3 is 119 Å². The van der Waals surface area contributed by atoms with Crippen LogP contribution < -0.4 is 5.32 Å². The molecule has 5 heterocycles. The highest BCUT2D eigenvalue weighted by atomic mass is 16.8. The van der Waals surface area contributed by atoms with E-state index < -0.39 is 228 Å². The van der Waals surface area contributed by atoms with Gasteiger partial charge in [0.15, 0.2) is 49.8 Å². The molecule has 5 aliphatic heterocycles. The Balaban J connectivity index is 0.833. The first-order valence-electron chi connectivity index (χ1n) is 47.4. The highest BCUT2D eigenvalue weighted by Gasteiger charge is 2.63. The van der Waals surface area contributed by atoms with Crippen LogP contribution in [0.4, 0.5) is 4.79 Å². The minimum atomic E-state index is -2.23. The fourth-order valence-corrected chi connectivity index (χ4v) is 17.4. The Hall–Kier alpha value is -14.3. The zero-order valence-electron chi connectivity index (χ0n) is 80.6. The molecule has 0 aliphatic carbocycles. The third-order valence-electron chi connectivity index (χ3n) is 24.5. The van der Waals surface area contributed by atoms with Crippen molar-refractivity contribution in [1.29, 1.82) is 0 Å². The van der Waals surface area contributed by atoms with Crippen LogP contribution in [0.5, 0.6) is 0 Å². The quantitative estimate of drug-likeness (QED) is 0.0122. The van der Waals surface area contributed by atoms with E-state index in [-0.39, 0.29) is 56.3 Å². The lowest BCUT2D eigenvalue weighted by molar-refractivity contribution is -0.382. The van der Waals surface area contributed by atoms with E-state index in [4.69, 9.17) is 114 Å². The second-order valence-corrected chi connectivity index (χ2v) is 34.4. The summed E-state index contributed by atoms with van der Waals surface area (Å²) in [6.07, 6.45) is -41.3. The lowest BCUT2D eigenvalue weighted by atomic mass is 9.93. The molecule has 25 atom stereocenters. The molecule has 15 rings (SSSR count). The van der Waals surface area contributed by atoms with Gasteiger partial charge in [-0.25, -0.2) is 28.8 Å². The van der Waals surface area contributed by atoms with Crippen LogP contribution in [0.3, 0.4) is 0 Å². The average Bonchev–Trinajstić information content (AvgIpc) is 0.747. The molecule has 1 amide bonds. The molecule has 0 spiro atoms. The maximum absolute atomic E-state index is 15.5. The van der Waals surface area contributed by atoms with Gasteiger partial charge in [-0.1, -0.05) is 277 Å². The van der Waals surface area contributed by atoms with Crippen LogP contribution in [0.25, 0.3) is 20.9 Å². The number of amides is 1. The fourth-order valence-electron chi connectivity index (χ4n) is 17.4. The van der Waals surface area contributed by atoms with Gasteiger partial charge in [0.1, 0.15) is 130 Å². The molecule has 0 unspecified atom stereocenters. The Labute approximate surface area is 845 Å². The van der Waals surface area contributed by atoms with Gasteiger partial charge in [0, 0.05) is 30.8 Å². The number of alkyl carbamates (subject to hydrolysis) is 1. The molecule has 39 heteroatoms. The first-order valence-corrected chi connectivity index (χ1v) is 47.4. The Kier molecular flexibility index (Phi) is 39.5. The monoisotopic (exact) mass is 2020 g/mol. The second-order valence-electron chi connectivity index (χ2n) is 34.4. The van der Waals surface area contributed by atoms with E-state index >= 15 is 14.4 Å². The van der Waals surface area contributed by atoms with Gasteiger partial charge >= 0.3 is 47.9 Å². The maximum atomic E-state index is 15.5. The van der Waals surface area contributed by atoms with Gasteiger partial charge in [0.2, 0.25) is 0 Å². The average molecular weight is 2020 g/mol. The van der Waals surface area contributed by atoms with E-state index in [9.17, 15) is 35.0 Å². The largest absolute Gasteiger partial charge is 0.467 e. The molecule has 147 heavy (non-hydrogen) atoms. The number of hydrogen-bond donors (Lipinski definition) is 1. The number of carbonyl (C=O) groups is 8. The van der Waals surface area contributed by atoms with Crippen molar-refractivity contribution in [1.82, 2.24) is 5.32 Å².